The molecule has 0 aromatic rings. The van der Waals surface area contributed by atoms with Gasteiger partial charge in [-0.1, -0.05) is 65.2 Å². The molecule has 0 aliphatic heterocycles. The van der Waals surface area contributed by atoms with Crippen molar-refractivity contribution in [2.75, 3.05) is 6.54 Å². The van der Waals surface area contributed by atoms with Crippen LogP contribution in [0.1, 0.15) is 90.9 Å². The second-order valence-electron chi connectivity index (χ2n) is 6.65. The maximum atomic E-state index is 11.9. The molecule has 6 nitrogen and oxygen atoms in total. The van der Waals surface area contributed by atoms with Crippen LogP contribution in [0.25, 0.3) is 0 Å². The highest BCUT2D eigenvalue weighted by Gasteiger charge is 2.18. The minimum atomic E-state index is -0.841. The molecule has 0 spiro atoms. The predicted octanol–water partition coefficient (Wildman–Crippen LogP) is 2.79. The molecule has 4 N–H and O–H groups in total. The number of primary amides is 1. The van der Waals surface area contributed by atoms with Gasteiger partial charge in [-0.05, 0) is 12.8 Å². The first-order valence-electron chi connectivity index (χ1n) is 9.86. The van der Waals surface area contributed by atoms with Gasteiger partial charge < -0.3 is 16.4 Å². The van der Waals surface area contributed by atoms with Crippen molar-refractivity contribution in [3.05, 3.63) is 0 Å². The van der Waals surface area contributed by atoms with Crippen molar-refractivity contribution in [1.29, 1.82) is 0 Å². The van der Waals surface area contributed by atoms with E-state index in [1.54, 1.807) is 0 Å². The van der Waals surface area contributed by atoms with Crippen molar-refractivity contribution >= 4 is 17.7 Å². The Morgan fingerprint density at radius 2 is 1.24 bits per heavy atom. The summed E-state index contributed by atoms with van der Waals surface area (Å²) in [6.45, 7) is 4.32. The van der Waals surface area contributed by atoms with E-state index >= 15 is 0 Å². The summed E-state index contributed by atoms with van der Waals surface area (Å²) in [5, 5.41) is 5.29. The molecule has 0 fully saturated rings. The number of amides is 3. The number of carbonyl (C=O) groups is 3. The van der Waals surface area contributed by atoms with Gasteiger partial charge in [0.25, 0.3) is 0 Å². The van der Waals surface area contributed by atoms with Crippen molar-refractivity contribution in [3.63, 3.8) is 0 Å². The average Bonchev–Trinajstić information content (AvgIpc) is 2.57. The first kappa shape index (κ1) is 23.4. The molecular formula is C19H37N3O3. The number of carbonyl (C=O) groups excluding carboxylic acids is 3. The average molecular weight is 356 g/mol. The third kappa shape index (κ3) is 14.5. The number of hydrogen-bond acceptors (Lipinski definition) is 3. The minimum Gasteiger partial charge on any atom is -0.368 e. The van der Waals surface area contributed by atoms with Gasteiger partial charge in [-0.2, -0.15) is 0 Å². The van der Waals surface area contributed by atoms with Gasteiger partial charge in [0, 0.05) is 19.4 Å². The summed E-state index contributed by atoms with van der Waals surface area (Å²) in [4.78, 5) is 35.0. The lowest BCUT2D eigenvalue weighted by Gasteiger charge is -2.16. The fourth-order valence-electron chi connectivity index (χ4n) is 2.57. The lowest BCUT2D eigenvalue weighted by molar-refractivity contribution is -0.128. The van der Waals surface area contributed by atoms with Gasteiger partial charge >= 0.3 is 0 Å². The van der Waals surface area contributed by atoms with E-state index in [1.165, 1.54) is 25.7 Å². The fraction of sp³-hybridized carbons (Fsp3) is 0.842. The quantitative estimate of drug-likeness (QED) is 0.371. The van der Waals surface area contributed by atoms with Gasteiger partial charge in [-0.3, -0.25) is 14.4 Å². The number of unbranched alkanes of at least 4 members (excludes halogenated alkanes) is 8. The molecule has 1 atom stereocenters. The Balaban J connectivity index is 3.91. The molecule has 0 saturated heterocycles. The van der Waals surface area contributed by atoms with Crippen molar-refractivity contribution in [1.82, 2.24) is 10.6 Å². The number of nitrogens with one attached hydrogen (secondary N) is 2. The van der Waals surface area contributed by atoms with Gasteiger partial charge in [0.15, 0.2) is 0 Å². The predicted molar refractivity (Wildman–Crippen MR) is 101 cm³/mol. The first-order chi connectivity index (χ1) is 12.0. The SMILES string of the molecule is CCCCCCCCCC(=O)N[C@@H](CNC(=O)CCCCC)C(N)=O. The highest BCUT2D eigenvalue weighted by Crippen LogP contribution is 2.08. The van der Waals surface area contributed by atoms with E-state index in [0.29, 0.717) is 12.8 Å². The van der Waals surface area contributed by atoms with Crippen LogP contribution in [-0.4, -0.2) is 30.3 Å². The zero-order valence-corrected chi connectivity index (χ0v) is 16.1. The Morgan fingerprint density at radius 1 is 0.760 bits per heavy atom. The molecule has 0 aromatic heterocycles. The van der Waals surface area contributed by atoms with Gasteiger partial charge in [0.1, 0.15) is 6.04 Å². The summed E-state index contributed by atoms with van der Waals surface area (Å²) in [5.41, 5.74) is 5.31. The smallest absolute Gasteiger partial charge is 0.241 e. The largest absolute Gasteiger partial charge is 0.368 e. The molecule has 0 saturated carbocycles. The standard InChI is InChI=1S/C19H37N3O3/c1-3-5-7-8-9-10-12-14-18(24)22-16(19(20)25)15-21-17(23)13-11-6-4-2/h16H,3-15H2,1-2H3,(H2,20,25)(H,21,23)(H,22,24)/t16-/m0/s1. The lowest BCUT2D eigenvalue weighted by atomic mass is 10.1. The summed E-state index contributed by atoms with van der Waals surface area (Å²) in [7, 11) is 0. The zero-order chi connectivity index (χ0) is 18.9. The normalized spacial score (nSPS) is 11.8. The van der Waals surface area contributed by atoms with Crippen LogP contribution in [0, 0.1) is 0 Å². The Labute approximate surface area is 152 Å². The highest BCUT2D eigenvalue weighted by atomic mass is 16.2. The van der Waals surface area contributed by atoms with E-state index in [-0.39, 0.29) is 18.4 Å². The molecule has 0 aliphatic carbocycles. The topological polar surface area (TPSA) is 101 Å². The summed E-state index contributed by atoms with van der Waals surface area (Å²) in [6.07, 6.45) is 11.6. The Kier molecular flexibility index (Phi) is 14.9. The number of hydrogen-bond donors (Lipinski definition) is 3. The van der Waals surface area contributed by atoms with Crippen molar-refractivity contribution < 1.29 is 14.4 Å². The van der Waals surface area contributed by atoms with Gasteiger partial charge in [0.2, 0.25) is 17.7 Å². The molecule has 0 aliphatic rings. The fourth-order valence-corrected chi connectivity index (χ4v) is 2.57. The molecule has 3 amide bonds. The Morgan fingerprint density at radius 3 is 1.84 bits per heavy atom. The minimum absolute atomic E-state index is 0.0586. The van der Waals surface area contributed by atoms with Crippen LogP contribution in [0.2, 0.25) is 0 Å². The van der Waals surface area contributed by atoms with Crippen LogP contribution in [0.3, 0.4) is 0 Å². The second kappa shape index (κ2) is 15.9. The van der Waals surface area contributed by atoms with Crippen LogP contribution in [0.4, 0.5) is 0 Å². The summed E-state index contributed by atoms with van der Waals surface area (Å²) < 4.78 is 0. The van der Waals surface area contributed by atoms with Crippen molar-refractivity contribution in [3.8, 4) is 0 Å². The van der Waals surface area contributed by atoms with Crippen LogP contribution in [0.5, 0.6) is 0 Å². The van der Waals surface area contributed by atoms with Gasteiger partial charge in [-0.15, -0.1) is 0 Å². The second-order valence-corrected chi connectivity index (χ2v) is 6.65. The van der Waals surface area contributed by atoms with Crippen LogP contribution in [-0.2, 0) is 14.4 Å². The van der Waals surface area contributed by atoms with E-state index < -0.39 is 11.9 Å². The molecule has 0 rings (SSSR count). The van der Waals surface area contributed by atoms with Crippen molar-refractivity contribution in [2.24, 2.45) is 5.73 Å². The molecule has 25 heavy (non-hydrogen) atoms. The third-order valence-corrected chi connectivity index (χ3v) is 4.20. The molecule has 146 valence electrons. The van der Waals surface area contributed by atoms with Gasteiger partial charge in [0.05, 0.1) is 0 Å². The van der Waals surface area contributed by atoms with E-state index in [0.717, 1.165) is 38.5 Å². The highest BCUT2D eigenvalue weighted by molar-refractivity contribution is 5.87. The lowest BCUT2D eigenvalue weighted by Crippen LogP contribution is -2.51. The van der Waals surface area contributed by atoms with Crippen LogP contribution in [0.15, 0.2) is 0 Å². The summed E-state index contributed by atoms with van der Waals surface area (Å²) in [5.74, 6) is -0.916. The molecular weight excluding hydrogens is 318 g/mol. The number of nitrogens with two attached hydrogens (primary N) is 1. The molecule has 6 heteroatoms. The number of rotatable bonds is 16. The summed E-state index contributed by atoms with van der Waals surface area (Å²) >= 11 is 0. The Hall–Kier alpha value is -1.59. The van der Waals surface area contributed by atoms with Crippen LogP contribution < -0.4 is 16.4 Å². The molecule has 0 aromatic carbocycles. The monoisotopic (exact) mass is 355 g/mol. The molecule has 0 bridgehead atoms. The maximum Gasteiger partial charge on any atom is 0.241 e. The maximum absolute atomic E-state index is 11.9. The molecule has 0 radical (unpaired) electrons. The van der Waals surface area contributed by atoms with E-state index in [2.05, 4.69) is 24.5 Å². The van der Waals surface area contributed by atoms with Gasteiger partial charge in [-0.25, -0.2) is 0 Å². The summed E-state index contributed by atoms with van der Waals surface area (Å²) in [6, 6.07) is -0.841. The zero-order valence-electron chi connectivity index (χ0n) is 16.1. The Bertz CT molecular complexity index is 386. The van der Waals surface area contributed by atoms with Crippen LogP contribution >= 0.6 is 0 Å². The third-order valence-electron chi connectivity index (χ3n) is 4.20. The first-order valence-corrected chi connectivity index (χ1v) is 9.86. The molecule has 0 heterocycles. The molecule has 0 unspecified atom stereocenters. The van der Waals surface area contributed by atoms with E-state index in [9.17, 15) is 14.4 Å². The van der Waals surface area contributed by atoms with E-state index in [4.69, 9.17) is 5.73 Å². The van der Waals surface area contributed by atoms with E-state index in [1.807, 2.05) is 0 Å². The van der Waals surface area contributed by atoms with Crippen molar-refractivity contribution in [2.45, 2.75) is 96.9 Å².